The average Bonchev–Trinajstić information content (AvgIpc) is 3.02. The van der Waals surface area contributed by atoms with E-state index in [1.807, 2.05) is 44.2 Å². The lowest BCUT2D eigenvalue weighted by Crippen LogP contribution is -2.35. The number of ether oxygens (including phenoxy) is 2. The molecule has 3 rings (SSSR count). The van der Waals surface area contributed by atoms with E-state index < -0.39 is 0 Å². The number of hydrogen-bond donors (Lipinski definition) is 2. The topological polar surface area (TPSA) is 94.5 Å². The van der Waals surface area contributed by atoms with Crippen LogP contribution in [0.15, 0.2) is 54.6 Å². The van der Waals surface area contributed by atoms with E-state index in [0.717, 1.165) is 17.0 Å². The highest BCUT2D eigenvalue weighted by molar-refractivity contribution is 5.95. The van der Waals surface area contributed by atoms with Gasteiger partial charge in [0.25, 0.3) is 5.91 Å². The Bertz CT molecular complexity index is 1030. The molecule has 0 unspecified atom stereocenters. The fourth-order valence-corrected chi connectivity index (χ4v) is 2.89. The summed E-state index contributed by atoms with van der Waals surface area (Å²) in [5.74, 6) is 0.526. The largest absolute Gasteiger partial charge is 0.489 e. The fourth-order valence-electron chi connectivity index (χ4n) is 2.89. The summed E-state index contributed by atoms with van der Waals surface area (Å²) in [6, 6.07) is 16.9. The van der Waals surface area contributed by atoms with E-state index >= 15 is 0 Å². The molecule has 0 aliphatic rings. The van der Waals surface area contributed by atoms with Gasteiger partial charge in [0.15, 0.2) is 6.61 Å². The van der Waals surface area contributed by atoms with E-state index in [4.69, 9.17) is 9.47 Å². The predicted octanol–water partition coefficient (Wildman–Crippen LogP) is 2.75. The number of nitrogens with one attached hydrogen (secondary N) is 2. The van der Waals surface area contributed by atoms with Crippen molar-refractivity contribution in [3.63, 3.8) is 0 Å². The van der Waals surface area contributed by atoms with Gasteiger partial charge in [-0.3, -0.25) is 14.3 Å². The summed E-state index contributed by atoms with van der Waals surface area (Å²) in [6.45, 7) is 3.81. The van der Waals surface area contributed by atoms with Gasteiger partial charge in [-0.2, -0.15) is 5.10 Å². The summed E-state index contributed by atoms with van der Waals surface area (Å²) in [5, 5.41) is 9.55. The van der Waals surface area contributed by atoms with Crippen molar-refractivity contribution in [2.75, 3.05) is 18.5 Å². The number of hydrogen-bond acceptors (Lipinski definition) is 5. The van der Waals surface area contributed by atoms with Gasteiger partial charge in [0.2, 0.25) is 5.91 Å². The van der Waals surface area contributed by atoms with Crippen LogP contribution in [0.2, 0.25) is 0 Å². The number of rotatable bonds is 9. The zero-order valence-corrected chi connectivity index (χ0v) is 17.8. The molecule has 0 bridgehead atoms. The van der Waals surface area contributed by atoms with Gasteiger partial charge in [-0.1, -0.05) is 30.3 Å². The molecule has 1 aromatic heterocycles. The van der Waals surface area contributed by atoms with E-state index in [9.17, 15) is 9.59 Å². The molecule has 2 N–H and O–H groups in total. The molecule has 8 heteroatoms. The molecular weight excluding hydrogens is 396 g/mol. The van der Waals surface area contributed by atoms with Crippen LogP contribution in [0.3, 0.4) is 0 Å². The maximum absolute atomic E-state index is 12.1. The molecule has 0 radical (unpaired) electrons. The number of amides is 2. The number of nitrogens with zero attached hydrogens (tertiary/aromatic N) is 2. The maximum atomic E-state index is 12.1. The Morgan fingerprint density at radius 2 is 1.58 bits per heavy atom. The first-order chi connectivity index (χ1) is 14.9. The molecule has 2 aromatic carbocycles. The first-order valence-corrected chi connectivity index (χ1v) is 9.88. The normalized spacial score (nSPS) is 10.4. The summed E-state index contributed by atoms with van der Waals surface area (Å²) in [6.07, 6.45) is 0. The highest BCUT2D eigenvalue weighted by Gasteiger charge is 2.13. The van der Waals surface area contributed by atoms with E-state index in [-0.39, 0.29) is 25.0 Å². The monoisotopic (exact) mass is 422 g/mol. The molecule has 0 spiro atoms. The van der Waals surface area contributed by atoms with Crippen molar-refractivity contribution in [2.24, 2.45) is 7.05 Å². The van der Waals surface area contributed by atoms with Gasteiger partial charge in [0, 0.05) is 7.05 Å². The van der Waals surface area contributed by atoms with Gasteiger partial charge in [-0.15, -0.1) is 0 Å². The Morgan fingerprint density at radius 1 is 0.935 bits per heavy atom. The molecule has 2 amide bonds. The predicted molar refractivity (Wildman–Crippen MR) is 117 cm³/mol. The summed E-state index contributed by atoms with van der Waals surface area (Å²) >= 11 is 0. The summed E-state index contributed by atoms with van der Waals surface area (Å²) in [5.41, 5.74) is 3.31. The lowest BCUT2D eigenvalue weighted by molar-refractivity contribution is -0.125. The molecule has 0 fully saturated rings. The van der Waals surface area contributed by atoms with E-state index in [1.165, 1.54) is 0 Å². The second-order valence-electron chi connectivity index (χ2n) is 7.03. The minimum atomic E-state index is -0.390. The Kier molecular flexibility index (Phi) is 7.26. The molecule has 1 heterocycles. The van der Waals surface area contributed by atoms with E-state index in [1.54, 1.807) is 36.0 Å². The van der Waals surface area contributed by atoms with Crippen LogP contribution in [0, 0.1) is 13.8 Å². The van der Waals surface area contributed by atoms with Crippen molar-refractivity contribution in [1.82, 2.24) is 15.1 Å². The SMILES string of the molecule is Cc1nn(C)c(C)c1NC(=O)CNC(=O)COc1ccc(OCc2ccccc2)cc1. The molecule has 0 aliphatic carbocycles. The first-order valence-electron chi connectivity index (χ1n) is 9.88. The number of benzene rings is 2. The second kappa shape index (κ2) is 10.3. The molecule has 0 aliphatic heterocycles. The van der Waals surface area contributed by atoms with E-state index in [2.05, 4.69) is 15.7 Å². The van der Waals surface area contributed by atoms with Gasteiger partial charge in [0.1, 0.15) is 18.1 Å². The lowest BCUT2D eigenvalue weighted by Gasteiger charge is -2.10. The smallest absolute Gasteiger partial charge is 0.258 e. The molecule has 162 valence electrons. The van der Waals surface area contributed by atoms with Crippen LogP contribution < -0.4 is 20.1 Å². The Labute approximate surface area is 181 Å². The van der Waals surface area contributed by atoms with Crippen LogP contribution in [0.25, 0.3) is 0 Å². The van der Waals surface area contributed by atoms with Crippen molar-refractivity contribution in [1.29, 1.82) is 0 Å². The van der Waals surface area contributed by atoms with Gasteiger partial charge in [-0.25, -0.2) is 0 Å². The van der Waals surface area contributed by atoms with Crippen LogP contribution in [0.5, 0.6) is 11.5 Å². The first kappa shape index (κ1) is 21.9. The van der Waals surface area contributed by atoms with Crippen molar-refractivity contribution >= 4 is 17.5 Å². The maximum Gasteiger partial charge on any atom is 0.258 e. The van der Waals surface area contributed by atoms with Gasteiger partial charge >= 0.3 is 0 Å². The highest BCUT2D eigenvalue weighted by Crippen LogP contribution is 2.19. The minimum absolute atomic E-state index is 0.151. The van der Waals surface area contributed by atoms with Gasteiger partial charge in [-0.05, 0) is 43.7 Å². The average molecular weight is 422 g/mol. The van der Waals surface area contributed by atoms with Crippen molar-refractivity contribution in [3.8, 4) is 11.5 Å². The highest BCUT2D eigenvalue weighted by atomic mass is 16.5. The van der Waals surface area contributed by atoms with Crippen LogP contribution in [0.1, 0.15) is 17.0 Å². The number of aryl methyl sites for hydroxylation is 2. The molecule has 0 saturated heterocycles. The summed E-state index contributed by atoms with van der Waals surface area (Å²) < 4.78 is 12.9. The Morgan fingerprint density at radius 3 is 2.19 bits per heavy atom. The number of anilines is 1. The van der Waals surface area contributed by atoms with Gasteiger partial charge < -0.3 is 20.1 Å². The van der Waals surface area contributed by atoms with Crippen LogP contribution >= 0.6 is 0 Å². The molecule has 3 aromatic rings. The number of carbonyl (C=O) groups is 2. The Hall–Kier alpha value is -3.81. The quantitative estimate of drug-likeness (QED) is 0.553. The fraction of sp³-hybridized carbons (Fsp3) is 0.261. The van der Waals surface area contributed by atoms with Crippen molar-refractivity contribution in [2.45, 2.75) is 20.5 Å². The van der Waals surface area contributed by atoms with Crippen LogP contribution in [0.4, 0.5) is 5.69 Å². The number of aromatic nitrogens is 2. The van der Waals surface area contributed by atoms with E-state index in [0.29, 0.717) is 23.8 Å². The van der Waals surface area contributed by atoms with Crippen molar-refractivity contribution in [3.05, 3.63) is 71.5 Å². The molecule has 0 saturated carbocycles. The standard InChI is InChI=1S/C23H26N4O4/c1-16-23(17(2)27(3)26-16)25-21(28)13-24-22(29)15-31-20-11-9-19(10-12-20)30-14-18-7-5-4-6-8-18/h4-12H,13-15H2,1-3H3,(H,24,29)(H,25,28). The molecule has 31 heavy (non-hydrogen) atoms. The second-order valence-corrected chi connectivity index (χ2v) is 7.03. The zero-order chi connectivity index (χ0) is 22.2. The summed E-state index contributed by atoms with van der Waals surface area (Å²) in [7, 11) is 1.80. The number of carbonyl (C=O) groups excluding carboxylic acids is 2. The van der Waals surface area contributed by atoms with Crippen LogP contribution in [-0.2, 0) is 23.2 Å². The third-order valence-electron chi connectivity index (χ3n) is 4.66. The zero-order valence-electron chi connectivity index (χ0n) is 17.8. The minimum Gasteiger partial charge on any atom is -0.489 e. The third kappa shape index (κ3) is 6.33. The lowest BCUT2D eigenvalue weighted by atomic mass is 10.2. The van der Waals surface area contributed by atoms with Crippen molar-refractivity contribution < 1.29 is 19.1 Å². The summed E-state index contributed by atoms with van der Waals surface area (Å²) in [4.78, 5) is 24.1. The molecule has 0 atom stereocenters. The Balaban J connectivity index is 1.38. The molecule has 8 nitrogen and oxygen atoms in total. The van der Waals surface area contributed by atoms with Gasteiger partial charge in [0.05, 0.1) is 23.6 Å². The molecular formula is C23H26N4O4. The van der Waals surface area contributed by atoms with Crippen LogP contribution in [-0.4, -0.2) is 34.7 Å². The third-order valence-corrected chi connectivity index (χ3v) is 4.66.